The van der Waals surface area contributed by atoms with E-state index in [0.29, 0.717) is 42.5 Å². The molecule has 0 radical (unpaired) electrons. The van der Waals surface area contributed by atoms with Crippen LogP contribution in [0.2, 0.25) is 21.4 Å². The van der Waals surface area contributed by atoms with Gasteiger partial charge in [-0.1, -0.05) is 0 Å². The molecule has 0 saturated carbocycles. The van der Waals surface area contributed by atoms with E-state index in [2.05, 4.69) is 78.8 Å². The van der Waals surface area contributed by atoms with E-state index in [0.717, 1.165) is 6.61 Å². The van der Waals surface area contributed by atoms with E-state index in [4.69, 9.17) is 9.16 Å². The summed E-state index contributed by atoms with van der Waals surface area (Å²) in [5, 5.41) is 0. The van der Waals surface area contributed by atoms with E-state index in [1.165, 1.54) is 30.1 Å². The SMILES string of the molecule is CCCC[C@H]1O[C@@H](CO[Si](C(C)C)(C(C)C)C(C)C)C[C@@H]1[Se]c1ccccc1. The van der Waals surface area contributed by atoms with Crippen molar-refractivity contribution >= 4 is 27.7 Å². The summed E-state index contributed by atoms with van der Waals surface area (Å²) in [5.74, 6) is 0. The number of hydrogen-bond acceptors (Lipinski definition) is 2. The number of rotatable bonds is 11. The Balaban J connectivity index is 2.05. The minimum absolute atomic E-state index is 0.278. The first-order valence-corrected chi connectivity index (χ1v) is 15.3. The molecule has 28 heavy (non-hydrogen) atoms. The molecule has 0 bridgehead atoms. The standard InChI is InChI=1S/C24H42O2SeSi/c1-8-9-15-23-24(27-22-13-11-10-12-14-22)16-21(26-23)17-25-28(18(2)3,19(4)5)20(6)7/h10-14,18-21,23-24H,8-9,15-17H2,1-7H3/t21-,23-,24+/m1/s1. The Morgan fingerprint density at radius 2 is 1.64 bits per heavy atom. The summed E-state index contributed by atoms with van der Waals surface area (Å²) >= 11 is 0.483. The fourth-order valence-electron chi connectivity index (χ4n) is 5.10. The summed E-state index contributed by atoms with van der Waals surface area (Å²) in [6.07, 6.45) is 5.58. The Morgan fingerprint density at radius 1 is 1.04 bits per heavy atom. The van der Waals surface area contributed by atoms with Crippen molar-refractivity contribution in [2.75, 3.05) is 6.61 Å². The molecule has 1 aliphatic rings. The normalized spacial score (nSPS) is 23.3. The van der Waals surface area contributed by atoms with Gasteiger partial charge in [0.25, 0.3) is 0 Å². The van der Waals surface area contributed by atoms with Gasteiger partial charge in [-0.3, -0.25) is 0 Å². The van der Waals surface area contributed by atoms with Gasteiger partial charge in [-0.15, -0.1) is 0 Å². The molecule has 2 rings (SSSR count). The molecule has 0 amide bonds. The van der Waals surface area contributed by atoms with Crippen LogP contribution in [0.3, 0.4) is 0 Å². The molecule has 160 valence electrons. The molecule has 0 aromatic heterocycles. The van der Waals surface area contributed by atoms with Crippen molar-refractivity contribution in [3.63, 3.8) is 0 Å². The van der Waals surface area contributed by atoms with Crippen LogP contribution in [-0.4, -0.2) is 42.1 Å². The third kappa shape index (κ3) is 5.95. The van der Waals surface area contributed by atoms with Gasteiger partial charge in [-0.05, 0) is 0 Å². The van der Waals surface area contributed by atoms with Gasteiger partial charge in [-0.25, -0.2) is 0 Å². The zero-order valence-corrected chi connectivity index (χ0v) is 21.8. The Morgan fingerprint density at radius 3 is 2.18 bits per heavy atom. The van der Waals surface area contributed by atoms with Gasteiger partial charge in [0.05, 0.1) is 0 Å². The van der Waals surface area contributed by atoms with Crippen LogP contribution in [0.25, 0.3) is 0 Å². The summed E-state index contributed by atoms with van der Waals surface area (Å²) in [4.78, 5) is 0.684. The van der Waals surface area contributed by atoms with Crippen LogP contribution in [-0.2, 0) is 9.16 Å². The van der Waals surface area contributed by atoms with E-state index in [-0.39, 0.29) is 6.10 Å². The number of ether oxygens (including phenoxy) is 1. The Kier molecular flexibility index (Phi) is 9.76. The van der Waals surface area contributed by atoms with Crippen LogP contribution in [0.4, 0.5) is 0 Å². The Hall–Kier alpha value is -0.124. The third-order valence-electron chi connectivity index (χ3n) is 6.38. The van der Waals surface area contributed by atoms with Gasteiger partial charge in [0.2, 0.25) is 0 Å². The van der Waals surface area contributed by atoms with Crippen LogP contribution >= 0.6 is 0 Å². The monoisotopic (exact) mass is 470 g/mol. The summed E-state index contributed by atoms with van der Waals surface area (Å²) < 4.78 is 15.0. The zero-order valence-electron chi connectivity index (χ0n) is 19.1. The van der Waals surface area contributed by atoms with E-state index in [1.54, 1.807) is 0 Å². The van der Waals surface area contributed by atoms with Crippen LogP contribution in [0.15, 0.2) is 30.3 Å². The fourth-order valence-corrected chi connectivity index (χ4v) is 13.4. The number of hydrogen-bond donors (Lipinski definition) is 0. The average molecular weight is 470 g/mol. The number of unbranched alkanes of at least 4 members (excludes halogenated alkanes) is 1. The van der Waals surface area contributed by atoms with E-state index in [9.17, 15) is 0 Å². The molecule has 0 unspecified atom stereocenters. The summed E-state index contributed by atoms with van der Waals surface area (Å²) in [6.45, 7) is 17.3. The molecule has 1 aliphatic heterocycles. The molecule has 2 nitrogen and oxygen atoms in total. The molecule has 0 N–H and O–H groups in total. The van der Waals surface area contributed by atoms with Crippen molar-refractivity contribution in [1.82, 2.24) is 0 Å². The molecule has 3 atom stereocenters. The molecule has 0 aliphatic carbocycles. The molecule has 1 fully saturated rings. The maximum absolute atomic E-state index is 6.87. The summed E-state index contributed by atoms with van der Waals surface area (Å²) in [6, 6.07) is 11.0. The Bertz CT molecular complexity index is 539. The first-order chi connectivity index (χ1) is 13.3. The van der Waals surface area contributed by atoms with Crippen molar-refractivity contribution in [3.8, 4) is 0 Å². The summed E-state index contributed by atoms with van der Waals surface area (Å²) in [5.41, 5.74) is 1.90. The quantitative estimate of drug-likeness (QED) is 0.352. The maximum atomic E-state index is 6.87. The topological polar surface area (TPSA) is 18.5 Å². The first kappa shape index (κ1) is 24.1. The van der Waals surface area contributed by atoms with Gasteiger partial charge in [-0.2, -0.15) is 0 Å². The van der Waals surface area contributed by atoms with Gasteiger partial charge < -0.3 is 0 Å². The molecule has 1 aromatic rings. The van der Waals surface area contributed by atoms with E-state index >= 15 is 0 Å². The first-order valence-electron chi connectivity index (χ1n) is 11.3. The van der Waals surface area contributed by atoms with Crippen LogP contribution in [0.5, 0.6) is 0 Å². The van der Waals surface area contributed by atoms with Crippen molar-refractivity contribution in [2.24, 2.45) is 0 Å². The predicted molar refractivity (Wildman–Crippen MR) is 125 cm³/mol. The van der Waals surface area contributed by atoms with E-state index in [1.807, 2.05) is 0 Å². The minimum atomic E-state index is -1.81. The summed E-state index contributed by atoms with van der Waals surface area (Å²) in [7, 11) is -1.81. The molecule has 4 heteroatoms. The fraction of sp³-hybridized carbons (Fsp3) is 0.750. The van der Waals surface area contributed by atoms with Crippen molar-refractivity contribution in [2.45, 2.75) is 108 Å². The van der Waals surface area contributed by atoms with Crippen molar-refractivity contribution < 1.29 is 9.16 Å². The molecule has 1 heterocycles. The van der Waals surface area contributed by atoms with Gasteiger partial charge in [0, 0.05) is 0 Å². The second-order valence-electron chi connectivity index (χ2n) is 9.27. The van der Waals surface area contributed by atoms with E-state index < -0.39 is 8.32 Å². The second kappa shape index (κ2) is 11.3. The molecular formula is C24H42O2SeSi. The van der Waals surface area contributed by atoms with Gasteiger partial charge in [0.15, 0.2) is 0 Å². The molecule has 1 saturated heterocycles. The molecule has 1 aromatic carbocycles. The van der Waals surface area contributed by atoms with Crippen molar-refractivity contribution in [3.05, 3.63) is 30.3 Å². The molecular weight excluding hydrogens is 427 g/mol. The van der Waals surface area contributed by atoms with Crippen LogP contribution in [0, 0.1) is 0 Å². The number of benzene rings is 1. The second-order valence-corrected chi connectivity index (χ2v) is 17.5. The predicted octanol–water partition coefficient (Wildman–Crippen LogP) is 6.34. The molecule has 0 spiro atoms. The van der Waals surface area contributed by atoms with Crippen molar-refractivity contribution in [1.29, 1.82) is 0 Å². The van der Waals surface area contributed by atoms with Crippen LogP contribution in [0.1, 0.15) is 74.1 Å². The van der Waals surface area contributed by atoms with Gasteiger partial charge in [0.1, 0.15) is 0 Å². The zero-order chi connectivity index (χ0) is 20.7. The Labute approximate surface area is 181 Å². The third-order valence-corrected chi connectivity index (χ3v) is 15.3. The van der Waals surface area contributed by atoms with Crippen LogP contribution < -0.4 is 4.46 Å². The van der Waals surface area contributed by atoms with Gasteiger partial charge >= 0.3 is 182 Å². The average Bonchev–Trinajstić information content (AvgIpc) is 3.02.